The number of nitrogens with two attached hydrogens (primary N) is 1. The molecule has 1 rings (SSSR count). The van der Waals surface area contributed by atoms with Gasteiger partial charge in [-0.15, -0.1) is 0 Å². The molecule has 0 saturated carbocycles. The third kappa shape index (κ3) is 3.60. The molecule has 90 valence electrons. The van der Waals surface area contributed by atoms with Crippen LogP contribution in [0.5, 0.6) is 5.75 Å². The van der Waals surface area contributed by atoms with E-state index < -0.39 is 0 Å². The van der Waals surface area contributed by atoms with Crippen LogP contribution in [0.4, 0.5) is 5.69 Å². The summed E-state index contributed by atoms with van der Waals surface area (Å²) in [5.74, 6) is 0.632. The van der Waals surface area contributed by atoms with E-state index in [1.165, 1.54) is 12.8 Å². The van der Waals surface area contributed by atoms with Crippen LogP contribution in [0.3, 0.4) is 0 Å². The van der Waals surface area contributed by atoms with Crippen molar-refractivity contribution in [3.05, 3.63) is 23.2 Å². The predicted molar refractivity (Wildman–Crippen MR) is 70.1 cm³/mol. The van der Waals surface area contributed by atoms with Gasteiger partial charge in [0.1, 0.15) is 0 Å². The summed E-state index contributed by atoms with van der Waals surface area (Å²) in [7, 11) is 0. The van der Waals surface area contributed by atoms with Crippen molar-refractivity contribution in [2.24, 2.45) is 0 Å². The molecule has 0 saturated heterocycles. The highest BCUT2D eigenvalue weighted by Crippen LogP contribution is 2.32. The molecular formula is C13H20ClNO. The van der Waals surface area contributed by atoms with Crippen LogP contribution < -0.4 is 10.5 Å². The molecule has 0 unspecified atom stereocenters. The van der Waals surface area contributed by atoms with E-state index in [1.807, 2.05) is 12.1 Å². The Bertz CT molecular complexity index is 307. The maximum atomic E-state index is 6.06. The summed E-state index contributed by atoms with van der Waals surface area (Å²) in [5.41, 5.74) is 6.46. The standard InChI is InChI=1S/C13H20ClNO/c1-3-5-7-10(4-2)16-13-11(14)8-6-9-12(13)15/h6,8-10H,3-5,7,15H2,1-2H3/t10-/m1/s1. The maximum absolute atomic E-state index is 6.06. The number of rotatable bonds is 6. The van der Waals surface area contributed by atoms with Gasteiger partial charge in [-0.05, 0) is 25.0 Å². The van der Waals surface area contributed by atoms with Gasteiger partial charge in [0.25, 0.3) is 0 Å². The Balaban J connectivity index is 2.69. The first kappa shape index (κ1) is 13.2. The smallest absolute Gasteiger partial charge is 0.161 e. The first-order valence-corrected chi connectivity index (χ1v) is 6.27. The van der Waals surface area contributed by atoms with Crippen molar-refractivity contribution in [1.82, 2.24) is 0 Å². The van der Waals surface area contributed by atoms with Crippen molar-refractivity contribution in [1.29, 1.82) is 0 Å². The molecule has 0 amide bonds. The SMILES string of the molecule is CCCC[C@@H](CC)Oc1c(N)cccc1Cl. The Labute approximate surface area is 103 Å². The molecule has 0 bridgehead atoms. The molecular weight excluding hydrogens is 222 g/mol. The number of benzene rings is 1. The largest absolute Gasteiger partial charge is 0.487 e. The average molecular weight is 242 g/mol. The third-order valence-corrected chi connectivity index (χ3v) is 2.91. The number of hydrogen-bond donors (Lipinski definition) is 1. The van der Waals surface area contributed by atoms with Crippen LogP contribution in [0.2, 0.25) is 5.02 Å². The van der Waals surface area contributed by atoms with E-state index in [1.54, 1.807) is 6.07 Å². The first-order chi connectivity index (χ1) is 7.69. The molecule has 0 heterocycles. The molecule has 0 spiro atoms. The predicted octanol–water partition coefficient (Wildman–Crippen LogP) is 4.27. The summed E-state index contributed by atoms with van der Waals surface area (Å²) >= 11 is 6.06. The fourth-order valence-electron chi connectivity index (χ4n) is 1.59. The van der Waals surface area contributed by atoms with E-state index in [-0.39, 0.29) is 6.10 Å². The lowest BCUT2D eigenvalue weighted by atomic mass is 10.1. The van der Waals surface area contributed by atoms with E-state index in [4.69, 9.17) is 22.1 Å². The fraction of sp³-hybridized carbons (Fsp3) is 0.538. The average Bonchev–Trinajstić information content (AvgIpc) is 2.28. The van der Waals surface area contributed by atoms with Gasteiger partial charge in [-0.3, -0.25) is 0 Å². The molecule has 2 nitrogen and oxygen atoms in total. The number of ether oxygens (including phenoxy) is 1. The van der Waals surface area contributed by atoms with Gasteiger partial charge in [0.05, 0.1) is 16.8 Å². The molecule has 3 heteroatoms. The van der Waals surface area contributed by atoms with Crippen molar-refractivity contribution in [3.63, 3.8) is 0 Å². The molecule has 0 aliphatic carbocycles. The number of nitrogen functional groups attached to an aromatic ring is 1. The van der Waals surface area contributed by atoms with E-state index >= 15 is 0 Å². The fourth-order valence-corrected chi connectivity index (χ4v) is 1.82. The van der Waals surface area contributed by atoms with Gasteiger partial charge >= 0.3 is 0 Å². The van der Waals surface area contributed by atoms with Crippen LogP contribution >= 0.6 is 11.6 Å². The van der Waals surface area contributed by atoms with E-state index in [2.05, 4.69) is 13.8 Å². The molecule has 0 fully saturated rings. The molecule has 2 N–H and O–H groups in total. The quantitative estimate of drug-likeness (QED) is 0.755. The minimum Gasteiger partial charge on any atom is -0.487 e. The van der Waals surface area contributed by atoms with Gasteiger partial charge in [-0.25, -0.2) is 0 Å². The van der Waals surface area contributed by atoms with E-state index in [0.29, 0.717) is 16.5 Å². The Morgan fingerprint density at radius 3 is 2.69 bits per heavy atom. The monoisotopic (exact) mass is 241 g/mol. The molecule has 0 aliphatic heterocycles. The van der Waals surface area contributed by atoms with E-state index in [0.717, 1.165) is 12.8 Å². The summed E-state index contributed by atoms with van der Waals surface area (Å²) in [6.07, 6.45) is 4.59. The highest BCUT2D eigenvalue weighted by molar-refractivity contribution is 6.32. The summed E-state index contributed by atoms with van der Waals surface area (Å²) in [4.78, 5) is 0. The van der Waals surface area contributed by atoms with Crippen LogP contribution in [-0.4, -0.2) is 6.10 Å². The van der Waals surface area contributed by atoms with Crippen molar-refractivity contribution >= 4 is 17.3 Å². The zero-order chi connectivity index (χ0) is 12.0. The summed E-state index contributed by atoms with van der Waals surface area (Å²) in [6, 6.07) is 5.45. The minimum atomic E-state index is 0.210. The molecule has 0 aromatic heterocycles. The highest BCUT2D eigenvalue weighted by Gasteiger charge is 2.12. The maximum Gasteiger partial charge on any atom is 0.161 e. The van der Waals surface area contributed by atoms with Gasteiger partial charge in [0.15, 0.2) is 5.75 Å². The van der Waals surface area contributed by atoms with Gasteiger partial charge in [-0.2, -0.15) is 0 Å². The molecule has 1 aromatic carbocycles. The number of para-hydroxylation sites is 1. The van der Waals surface area contributed by atoms with Gasteiger partial charge in [0.2, 0.25) is 0 Å². The van der Waals surface area contributed by atoms with Crippen LogP contribution in [-0.2, 0) is 0 Å². The first-order valence-electron chi connectivity index (χ1n) is 5.89. The summed E-state index contributed by atoms with van der Waals surface area (Å²) < 4.78 is 5.87. The lowest BCUT2D eigenvalue weighted by Gasteiger charge is -2.19. The topological polar surface area (TPSA) is 35.2 Å². The molecule has 1 atom stereocenters. The number of halogens is 1. The second-order valence-electron chi connectivity index (χ2n) is 3.95. The normalized spacial score (nSPS) is 12.4. The summed E-state index contributed by atoms with van der Waals surface area (Å²) in [5, 5.41) is 0.593. The second-order valence-corrected chi connectivity index (χ2v) is 4.36. The Morgan fingerprint density at radius 1 is 1.38 bits per heavy atom. The molecule has 16 heavy (non-hydrogen) atoms. The third-order valence-electron chi connectivity index (χ3n) is 2.62. The van der Waals surface area contributed by atoms with Crippen molar-refractivity contribution in [2.75, 3.05) is 5.73 Å². The van der Waals surface area contributed by atoms with Crippen LogP contribution in [0, 0.1) is 0 Å². The van der Waals surface area contributed by atoms with Gasteiger partial charge in [0, 0.05) is 0 Å². The van der Waals surface area contributed by atoms with Crippen LogP contribution in [0.1, 0.15) is 39.5 Å². The summed E-state index contributed by atoms with van der Waals surface area (Å²) in [6.45, 7) is 4.30. The Morgan fingerprint density at radius 2 is 2.12 bits per heavy atom. The van der Waals surface area contributed by atoms with Crippen molar-refractivity contribution in [2.45, 2.75) is 45.6 Å². The van der Waals surface area contributed by atoms with Gasteiger partial charge in [-0.1, -0.05) is 44.4 Å². The van der Waals surface area contributed by atoms with Crippen LogP contribution in [0.25, 0.3) is 0 Å². The molecule has 0 aliphatic rings. The zero-order valence-corrected chi connectivity index (χ0v) is 10.8. The zero-order valence-electron chi connectivity index (χ0n) is 10.0. The number of hydrogen-bond acceptors (Lipinski definition) is 2. The second kappa shape index (κ2) is 6.64. The number of anilines is 1. The minimum absolute atomic E-state index is 0.210. The lowest BCUT2D eigenvalue weighted by molar-refractivity contribution is 0.185. The Kier molecular flexibility index (Phi) is 5.47. The molecule has 1 aromatic rings. The van der Waals surface area contributed by atoms with Gasteiger partial charge < -0.3 is 10.5 Å². The highest BCUT2D eigenvalue weighted by atomic mass is 35.5. The molecule has 0 radical (unpaired) electrons. The van der Waals surface area contributed by atoms with Crippen molar-refractivity contribution in [3.8, 4) is 5.75 Å². The van der Waals surface area contributed by atoms with E-state index in [9.17, 15) is 0 Å². The Hall–Kier alpha value is -0.890. The van der Waals surface area contributed by atoms with Crippen molar-refractivity contribution < 1.29 is 4.74 Å². The lowest BCUT2D eigenvalue weighted by Crippen LogP contribution is -2.16. The van der Waals surface area contributed by atoms with Crippen LogP contribution in [0.15, 0.2) is 18.2 Å². The number of unbranched alkanes of at least 4 members (excludes halogenated alkanes) is 1.